The van der Waals surface area contributed by atoms with Crippen molar-refractivity contribution in [3.8, 4) is 0 Å². The Bertz CT molecular complexity index is 262. The van der Waals surface area contributed by atoms with Crippen molar-refractivity contribution in [2.24, 2.45) is 5.73 Å². The molecule has 0 spiro atoms. The molecule has 10 heavy (non-hydrogen) atoms. The van der Waals surface area contributed by atoms with Crippen LogP contribution in [0.3, 0.4) is 0 Å². The first kappa shape index (κ1) is 6.67. The summed E-state index contributed by atoms with van der Waals surface area (Å²) in [5.41, 5.74) is 4.76. The topological polar surface area (TPSA) is 56.0 Å². The minimum absolute atomic E-state index is 0.0556. The first-order chi connectivity index (χ1) is 4.70. The molecule has 1 amide bonds. The molecule has 2 N–H and O–H groups in total. The van der Waals surface area contributed by atoms with E-state index in [2.05, 4.69) is 4.98 Å². The number of nitrogens with zero attached hydrogens (tertiary/aromatic N) is 1. The van der Waals surface area contributed by atoms with Crippen LogP contribution in [-0.4, -0.2) is 10.9 Å². The number of pyridine rings is 1. The van der Waals surface area contributed by atoms with Crippen molar-refractivity contribution >= 4 is 5.91 Å². The molecule has 3 nitrogen and oxygen atoms in total. The number of aromatic nitrogens is 1. The van der Waals surface area contributed by atoms with Crippen LogP contribution in [0.1, 0.15) is 10.5 Å². The van der Waals surface area contributed by atoms with Crippen LogP contribution >= 0.6 is 0 Å². The van der Waals surface area contributed by atoms with E-state index in [9.17, 15) is 9.18 Å². The summed E-state index contributed by atoms with van der Waals surface area (Å²) in [4.78, 5) is 13.9. The first-order valence-corrected chi connectivity index (χ1v) is 2.61. The average molecular weight is 140 g/mol. The smallest absolute Gasteiger partial charge is 0.267 e. The number of carbonyl (C=O) groups is 1. The molecule has 0 aromatic carbocycles. The van der Waals surface area contributed by atoms with Crippen LogP contribution in [0.5, 0.6) is 0 Å². The van der Waals surface area contributed by atoms with Gasteiger partial charge in [0.15, 0.2) is 0 Å². The van der Waals surface area contributed by atoms with E-state index in [1.54, 1.807) is 0 Å². The van der Waals surface area contributed by atoms with Gasteiger partial charge >= 0.3 is 0 Å². The molecule has 0 saturated carbocycles. The van der Waals surface area contributed by atoms with Gasteiger partial charge in [-0.3, -0.25) is 9.78 Å². The largest absolute Gasteiger partial charge is 0.364 e. The summed E-state index contributed by atoms with van der Waals surface area (Å²) >= 11 is 0. The Kier molecular flexibility index (Phi) is 1.62. The van der Waals surface area contributed by atoms with Crippen LogP contribution in [0.15, 0.2) is 18.3 Å². The summed E-state index contributed by atoms with van der Waals surface area (Å²) in [7, 11) is 0. The van der Waals surface area contributed by atoms with E-state index in [0.29, 0.717) is 0 Å². The van der Waals surface area contributed by atoms with E-state index in [4.69, 9.17) is 5.73 Å². The maximum absolute atomic E-state index is 12.3. The third-order valence-electron chi connectivity index (χ3n) is 0.974. The number of halogens is 1. The molecule has 0 atom stereocenters. The fourth-order valence-corrected chi connectivity index (χ4v) is 0.540. The minimum Gasteiger partial charge on any atom is -0.364 e. The van der Waals surface area contributed by atoms with Crippen molar-refractivity contribution in [3.63, 3.8) is 0 Å². The van der Waals surface area contributed by atoms with Gasteiger partial charge in [0.25, 0.3) is 5.91 Å². The Morgan fingerprint density at radius 3 is 2.80 bits per heavy atom. The number of hydrogen-bond acceptors (Lipinski definition) is 2. The molecule has 52 valence electrons. The van der Waals surface area contributed by atoms with E-state index < -0.39 is 11.7 Å². The highest BCUT2D eigenvalue weighted by molar-refractivity contribution is 5.90. The van der Waals surface area contributed by atoms with Crippen LogP contribution in [0, 0.1) is 5.82 Å². The standard InChI is InChI=1S/C6H5FN2O/c7-4-1-2-9-5(3-4)6(8)10/h1-3H,(H2,8,10). The molecule has 0 bridgehead atoms. The molecule has 0 radical (unpaired) electrons. The van der Waals surface area contributed by atoms with Crippen molar-refractivity contribution < 1.29 is 9.18 Å². The number of hydrogen-bond donors (Lipinski definition) is 1. The molecule has 0 aliphatic heterocycles. The zero-order chi connectivity index (χ0) is 7.56. The number of primary amides is 1. The van der Waals surface area contributed by atoms with E-state index in [1.807, 2.05) is 0 Å². The molecule has 0 saturated heterocycles. The second-order valence-corrected chi connectivity index (χ2v) is 1.72. The second kappa shape index (κ2) is 2.43. The predicted molar refractivity (Wildman–Crippen MR) is 32.7 cm³/mol. The summed E-state index contributed by atoms with van der Waals surface area (Å²) in [6.07, 6.45) is 1.19. The zero-order valence-electron chi connectivity index (χ0n) is 5.04. The Labute approximate surface area is 56.7 Å². The number of amides is 1. The van der Waals surface area contributed by atoms with Crippen molar-refractivity contribution in [1.29, 1.82) is 0 Å². The fourth-order valence-electron chi connectivity index (χ4n) is 0.540. The number of nitrogens with two attached hydrogens (primary N) is 1. The molecular formula is C6H5FN2O. The summed E-state index contributed by atoms with van der Waals surface area (Å²) in [6.45, 7) is 0. The normalized spacial score (nSPS) is 9.30. The summed E-state index contributed by atoms with van der Waals surface area (Å²) in [5, 5.41) is 0. The lowest BCUT2D eigenvalue weighted by Gasteiger charge is -1.91. The number of carbonyl (C=O) groups excluding carboxylic acids is 1. The molecular weight excluding hydrogens is 135 g/mol. The molecule has 0 unspecified atom stereocenters. The van der Waals surface area contributed by atoms with E-state index >= 15 is 0 Å². The second-order valence-electron chi connectivity index (χ2n) is 1.72. The Hall–Kier alpha value is -1.45. The predicted octanol–water partition coefficient (Wildman–Crippen LogP) is 0.320. The molecule has 0 fully saturated rings. The van der Waals surface area contributed by atoms with Crippen LogP contribution in [0.4, 0.5) is 4.39 Å². The third kappa shape index (κ3) is 1.28. The Morgan fingerprint density at radius 2 is 2.40 bits per heavy atom. The highest BCUT2D eigenvalue weighted by Crippen LogP contribution is 1.97. The molecule has 1 aromatic heterocycles. The van der Waals surface area contributed by atoms with Gasteiger partial charge in [0, 0.05) is 12.3 Å². The lowest BCUT2D eigenvalue weighted by Crippen LogP contribution is -2.12. The molecule has 0 aliphatic rings. The van der Waals surface area contributed by atoms with Crippen LogP contribution in [-0.2, 0) is 0 Å². The van der Waals surface area contributed by atoms with Gasteiger partial charge < -0.3 is 5.73 Å². The minimum atomic E-state index is -0.723. The van der Waals surface area contributed by atoms with Crippen molar-refractivity contribution in [2.45, 2.75) is 0 Å². The monoisotopic (exact) mass is 140 g/mol. The van der Waals surface area contributed by atoms with Gasteiger partial charge in [0.2, 0.25) is 0 Å². The molecule has 4 heteroatoms. The fraction of sp³-hybridized carbons (Fsp3) is 0. The van der Waals surface area contributed by atoms with E-state index in [-0.39, 0.29) is 5.69 Å². The number of rotatable bonds is 1. The Morgan fingerprint density at radius 1 is 1.70 bits per heavy atom. The van der Waals surface area contributed by atoms with Gasteiger partial charge in [-0.2, -0.15) is 0 Å². The summed E-state index contributed by atoms with van der Waals surface area (Å²) in [5.74, 6) is -1.23. The summed E-state index contributed by atoms with van der Waals surface area (Å²) in [6, 6.07) is 2.13. The van der Waals surface area contributed by atoms with E-state index in [0.717, 1.165) is 12.1 Å². The quantitative estimate of drug-likeness (QED) is 0.610. The summed E-state index contributed by atoms with van der Waals surface area (Å²) < 4.78 is 12.3. The van der Waals surface area contributed by atoms with Gasteiger partial charge in [-0.15, -0.1) is 0 Å². The van der Waals surface area contributed by atoms with Crippen LogP contribution in [0.2, 0.25) is 0 Å². The maximum atomic E-state index is 12.3. The molecule has 1 aromatic rings. The lowest BCUT2D eigenvalue weighted by molar-refractivity contribution is 0.0995. The SMILES string of the molecule is NC(=O)c1cc(F)ccn1. The first-order valence-electron chi connectivity index (χ1n) is 2.61. The maximum Gasteiger partial charge on any atom is 0.267 e. The van der Waals surface area contributed by atoms with Gasteiger partial charge in [0.1, 0.15) is 11.5 Å². The van der Waals surface area contributed by atoms with E-state index in [1.165, 1.54) is 6.20 Å². The Balaban J connectivity index is 3.07. The van der Waals surface area contributed by atoms with Gasteiger partial charge in [-0.25, -0.2) is 4.39 Å². The van der Waals surface area contributed by atoms with Gasteiger partial charge in [-0.05, 0) is 6.07 Å². The lowest BCUT2D eigenvalue weighted by atomic mass is 10.3. The van der Waals surface area contributed by atoms with Crippen molar-refractivity contribution in [1.82, 2.24) is 4.98 Å². The van der Waals surface area contributed by atoms with Gasteiger partial charge in [0.05, 0.1) is 0 Å². The van der Waals surface area contributed by atoms with Crippen molar-refractivity contribution in [2.75, 3.05) is 0 Å². The third-order valence-corrected chi connectivity index (χ3v) is 0.974. The molecule has 0 aliphatic carbocycles. The highest BCUT2D eigenvalue weighted by Gasteiger charge is 2.00. The van der Waals surface area contributed by atoms with Gasteiger partial charge in [-0.1, -0.05) is 0 Å². The molecule has 1 rings (SSSR count). The van der Waals surface area contributed by atoms with Crippen LogP contribution < -0.4 is 5.73 Å². The van der Waals surface area contributed by atoms with Crippen molar-refractivity contribution in [3.05, 3.63) is 29.8 Å². The zero-order valence-corrected chi connectivity index (χ0v) is 5.04. The van der Waals surface area contributed by atoms with Crippen LogP contribution in [0.25, 0.3) is 0 Å². The highest BCUT2D eigenvalue weighted by atomic mass is 19.1. The average Bonchev–Trinajstić information content (AvgIpc) is 1.88. The molecule has 1 heterocycles.